The summed E-state index contributed by atoms with van der Waals surface area (Å²) in [6, 6.07) is 15.5. The van der Waals surface area contributed by atoms with Crippen LogP contribution in [-0.2, 0) is 17.0 Å². The van der Waals surface area contributed by atoms with Crippen LogP contribution in [0.2, 0.25) is 0 Å². The highest BCUT2D eigenvalue weighted by molar-refractivity contribution is 7.98. The lowest BCUT2D eigenvalue weighted by atomic mass is 10.1. The van der Waals surface area contributed by atoms with Crippen LogP contribution in [0.1, 0.15) is 36.1 Å². The van der Waals surface area contributed by atoms with Crippen molar-refractivity contribution in [3.63, 3.8) is 0 Å². The summed E-state index contributed by atoms with van der Waals surface area (Å²) >= 11 is 1.47. The van der Waals surface area contributed by atoms with Gasteiger partial charge in [0.1, 0.15) is 17.6 Å². The number of hydrogen-bond acceptors (Lipinski definition) is 5. The number of aliphatic hydroxyl groups excluding tert-OH is 1. The van der Waals surface area contributed by atoms with E-state index in [1.54, 1.807) is 12.1 Å². The molecule has 8 heteroatoms. The first-order valence-corrected chi connectivity index (χ1v) is 12.2. The van der Waals surface area contributed by atoms with Gasteiger partial charge in [-0.15, -0.1) is 0 Å². The van der Waals surface area contributed by atoms with E-state index in [1.165, 1.54) is 23.9 Å². The van der Waals surface area contributed by atoms with Crippen molar-refractivity contribution >= 4 is 23.4 Å². The summed E-state index contributed by atoms with van der Waals surface area (Å²) < 4.78 is 15.0. The fourth-order valence-electron chi connectivity index (χ4n) is 3.78. The number of fused-ring (bicyclic) bond motifs is 1. The number of aryl methyl sites for hydroxylation is 1. The van der Waals surface area contributed by atoms with E-state index in [9.17, 15) is 14.3 Å². The van der Waals surface area contributed by atoms with E-state index in [1.807, 2.05) is 54.9 Å². The molecule has 0 spiro atoms. The predicted octanol–water partition coefficient (Wildman–Crippen LogP) is 5.25. The number of nitrogens with one attached hydrogen (secondary N) is 1. The molecule has 0 fully saturated rings. The van der Waals surface area contributed by atoms with Gasteiger partial charge in [0.05, 0.1) is 0 Å². The molecule has 34 heavy (non-hydrogen) atoms. The van der Waals surface area contributed by atoms with Gasteiger partial charge in [-0.25, -0.2) is 14.4 Å². The highest BCUT2D eigenvalue weighted by atomic mass is 32.2. The average Bonchev–Trinajstić information content (AvgIpc) is 3.25. The van der Waals surface area contributed by atoms with Crippen LogP contribution >= 0.6 is 11.8 Å². The van der Waals surface area contributed by atoms with Crippen LogP contribution < -0.4 is 5.32 Å². The van der Waals surface area contributed by atoms with E-state index in [0.29, 0.717) is 29.6 Å². The monoisotopic (exact) mass is 478 g/mol. The number of thioether (sulfide) groups is 1. The number of nitrogens with zero attached hydrogens (tertiary/aromatic N) is 3. The number of aliphatic hydroxyl groups is 1. The molecule has 6 nitrogen and oxygen atoms in total. The zero-order valence-electron chi connectivity index (χ0n) is 19.2. The number of rotatable bonds is 9. The molecule has 0 saturated carbocycles. The van der Waals surface area contributed by atoms with E-state index in [4.69, 9.17) is 4.98 Å². The highest BCUT2D eigenvalue weighted by Gasteiger charge is 2.24. The second-order valence-corrected chi connectivity index (χ2v) is 9.02. The van der Waals surface area contributed by atoms with E-state index >= 15 is 0 Å². The number of pyridine rings is 1. The molecule has 176 valence electrons. The molecule has 0 saturated heterocycles. The number of amides is 1. The lowest BCUT2D eigenvalue weighted by Gasteiger charge is -2.21. The SMILES string of the molecule is CCC(C(=O)Nc1cc(CCO)ccc1C)n1cccc2nc(SCc3ccc(F)cc3)nc1-2. The number of carbonyl (C=O) groups excluding carboxylic acids is 1. The van der Waals surface area contributed by atoms with Crippen LogP contribution in [0.3, 0.4) is 0 Å². The van der Waals surface area contributed by atoms with Crippen LogP contribution in [0.15, 0.2) is 66.0 Å². The van der Waals surface area contributed by atoms with Crippen LogP contribution in [0.5, 0.6) is 0 Å². The predicted molar refractivity (Wildman–Crippen MR) is 133 cm³/mol. The minimum Gasteiger partial charge on any atom is -0.396 e. The van der Waals surface area contributed by atoms with Gasteiger partial charge in [0.25, 0.3) is 0 Å². The van der Waals surface area contributed by atoms with Crippen molar-refractivity contribution in [2.24, 2.45) is 0 Å². The number of hydrogen-bond donors (Lipinski definition) is 2. The summed E-state index contributed by atoms with van der Waals surface area (Å²) in [5, 5.41) is 12.9. The first kappa shape index (κ1) is 23.9. The summed E-state index contributed by atoms with van der Waals surface area (Å²) in [6.45, 7) is 3.97. The maximum Gasteiger partial charge on any atom is 0.247 e. The van der Waals surface area contributed by atoms with Gasteiger partial charge in [-0.3, -0.25) is 4.79 Å². The van der Waals surface area contributed by atoms with Gasteiger partial charge >= 0.3 is 0 Å². The number of halogens is 1. The van der Waals surface area contributed by atoms with Crippen molar-refractivity contribution in [2.45, 2.75) is 43.6 Å². The van der Waals surface area contributed by atoms with Crippen LogP contribution in [0, 0.1) is 12.7 Å². The topological polar surface area (TPSA) is 80.0 Å². The maximum absolute atomic E-state index is 13.3. The summed E-state index contributed by atoms with van der Waals surface area (Å²) in [4.78, 5) is 22.6. The zero-order valence-corrected chi connectivity index (χ0v) is 20.0. The van der Waals surface area contributed by atoms with Crippen molar-refractivity contribution in [1.82, 2.24) is 14.5 Å². The normalized spacial score (nSPS) is 12.1. The van der Waals surface area contributed by atoms with E-state index in [-0.39, 0.29) is 18.3 Å². The first-order valence-electron chi connectivity index (χ1n) is 11.2. The molecule has 1 atom stereocenters. The van der Waals surface area contributed by atoms with Gasteiger partial charge in [-0.2, -0.15) is 0 Å². The third-order valence-electron chi connectivity index (χ3n) is 5.66. The van der Waals surface area contributed by atoms with Crippen molar-refractivity contribution < 1.29 is 14.3 Å². The van der Waals surface area contributed by atoms with Crippen molar-refractivity contribution in [2.75, 3.05) is 11.9 Å². The molecule has 2 heterocycles. The minimum absolute atomic E-state index is 0.0586. The van der Waals surface area contributed by atoms with Crippen LogP contribution in [0.25, 0.3) is 11.5 Å². The van der Waals surface area contributed by atoms with E-state index in [0.717, 1.165) is 28.1 Å². The second-order valence-electron chi connectivity index (χ2n) is 8.08. The van der Waals surface area contributed by atoms with E-state index < -0.39 is 6.04 Å². The van der Waals surface area contributed by atoms with Gasteiger partial charge < -0.3 is 15.0 Å². The van der Waals surface area contributed by atoms with Gasteiger partial charge in [-0.1, -0.05) is 43.0 Å². The third-order valence-corrected chi connectivity index (χ3v) is 6.58. The fraction of sp³-hybridized carbons (Fsp3) is 0.269. The molecule has 2 N–H and O–H groups in total. The standard InChI is InChI=1S/C26H27FN4O2S/c1-3-23(25(33)28-22-15-18(12-14-32)7-6-17(22)2)31-13-4-5-21-24(31)30-26(29-21)34-16-19-8-10-20(27)11-9-19/h4-11,13,15,23,32H,3,12,14,16H2,1-2H3,(H,28,33). The average molecular weight is 479 g/mol. The first-order chi connectivity index (χ1) is 16.5. The lowest BCUT2D eigenvalue weighted by Crippen LogP contribution is -2.27. The molecule has 2 aromatic rings. The Morgan fingerprint density at radius 3 is 2.65 bits per heavy atom. The Balaban J connectivity index is 1.54. The second kappa shape index (κ2) is 10.8. The smallest absolute Gasteiger partial charge is 0.247 e. The Hall–Kier alpha value is -3.23. The Morgan fingerprint density at radius 2 is 1.91 bits per heavy atom. The van der Waals surface area contributed by atoms with Crippen molar-refractivity contribution in [1.29, 1.82) is 0 Å². The molecular weight excluding hydrogens is 451 g/mol. The highest BCUT2D eigenvalue weighted by Crippen LogP contribution is 2.30. The minimum atomic E-state index is -0.462. The molecule has 2 aromatic carbocycles. The molecule has 0 bridgehead atoms. The number of benzene rings is 2. The maximum atomic E-state index is 13.3. The molecule has 0 aromatic heterocycles. The zero-order chi connectivity index (χ0) is 24.1. The fourth-order valence-corrected chi connectivity index (χ4v) is 4.58. The van der Waals surface area contributed by atoms with Gasteiger partial charge in [-0.05, 0) is 66.8 Å². The lowest BCUT2D eigenvalue weighted by molar-refractivity contribution is -0.119. The molecule has 0 aliphatic carbocycles. The molecule has 2 aliphatic rings. The number of imidazole rings is 1. The van der Waals surface area contributed by atoms with Crippen LogP contribution in [-0.4, -0.2) is 32.2 Å². The van der Waals surface area contributed by atoms with E-state index in [2.05, 4.69) is 10.3 Å². The Morgan fingerprint density at radius 1 is 1.15 bits per heavy atom. The summed E-state index contributed by atoms with van der Waals surface area (Å²) in [5.74, 6) is 0.881. The third kappa shape index (κ3) is 5.46. The Labute approximate surface area is 202 Å². The molecular formula is C26H27FN4O2S. The number of aromatic nitrogens is 3. The molecule has 1 amide bonds. The molecule has 2 aliphatic heterocycles. The molecule has 4 rings (SSSR count). The summed E-state index contributed by atoms with van der Waals surface area (Å²) in [5.41, 5.74) is 4.37. The number of carbonyl (C=O) groups is 1. The Bertz CT molecular complexity index is 1240. The molecule has 1 unspecified atom stereocenters. The van der Waals surface area contributed by atoms with Gasteiger partial charge in [0.2, 0.25) is 5.91 Å². The Kier molecular flexibility index (Phi) is 7.59. The van der Waals surface area contributed by atoms with Crippen LogP contribution in [0.4, 0.5) is 10.1 Å². The number of anilines is 1. The quantitative estimate of drug-likeness (QED) is 0.321. The van der Waals surface area contributed by atoms with Crippen molar-refractivity contribution in [3.8, 4) is 11.5 Å². The summed E-state index contributed by atoms with van der Waals surface area (Å²) in [7, 11) is 0. The largest absolute Gasteiger partial charge is 0.396 e. The van der Waals surface area contributed by atoms with Gasteiger partial charge in [0, 0.05) is 24.2 Å². The summed E-state index contributed by atoms with van der Waals surface area (Å²) in [6.07, 6.45) is 2.97. The van der Waals surface area contributed by atoms with Crippen molar-refractivity contribution in [3.05, 3.63) is 83.3 Å². The molecule has 0 radical (unpaired) electrons. The van der Waals surface area contributed by atoms with Gasteiger partial charge in [0.15, 0.2) is 11.0 Å².